The summed E-state index contributed by atoms with van der Waals surface area (Å²) in [5.41, 5.74) is 2.41. The van der Waals surface area contributed by atoms with Crippen LogP contribution >= 0.6 is 11.3 Å². The Morgan fingerprint density at radius 1 is 1.23 bits per heavy atom. The van der Waals surface area contributed by atoms with Gasteiger partial charge in [-0.3, -0.25) is 4.79 Å². The highest BCUT2D eigenvalue weighted by Gasteiger charge is 2.29. The van der Waals surface area contributed by atoms with Gasteiger partial charge in [-0.2, -0.15) is 0 Å². The lowest BCUT2D eigenvalue weighted by Gasteiger charge is -2.14. The van der Waals surface area contributed by atoms with Crippen LogP contribution in [0.2, 0.25) is 0 Å². The second-order valence-electron chi connectivity index (χ2n) is 7.18. The molecule has 1 atom stereocenters. The van der Waals surface area contributed by atoms with Crippen LogP contribution in [0, 0.1) is 0 Å². The van der Waals surface area contributed by atoms with Crippen LogP contribution in [-0.2, 0) is 27.1 Å². The minimum absolute atomic E-state index is 0.213. The number of aryl methyl sites for hydroxylation is 1. The van der Waals surface area contributed by atoms with E-state index in [-0.39, 0.29) is 12.2 Å². The number of nitrogens with one attached hydrogen (secondary N) is 1. The van der Waals surface area contributed by atoms with E-state index in [9.17, 15) is 14.4 Å². The van der Waals surface area contributed by atoms with Crippen LogP contribution in [0.25, 0.3) is 11.1 Å². The Hall–Kier alpha value is -3.20. The third kappa shape index (κ3) is 4.18. The number of benzene rings is 1. The zero-order valence-corrected chi connectivity index (χ0v) is 18.0. The molecule has 1 aromatic carbocycles. The van der Waals surface area contributed by atoms with E-state index in [2.05, 4.69) is 10.3 Å². The number of amides is 1. The predicted molar refractivity (Wildman–Crippen MR) is 114 cm³/mol. The van der Waals surface area contributed by atoms with Crippen LogP contribution in [0.1, 0.15) is 57.8 Å². The van der Waals surface area contributed by atoms with Crippen LogP contribution in [0.4, 0.5) is 5.00 Å². The van der Waals surface area contributed by atoms with Crippen LogP contribution in [0.15, 0.2) is 29.0 Å². The zero-order valence-electron chi connectivity index (χ0n) is 17.2. The van der Waals surface area contributed by atoms with Gasteiger partial charge in [-0.25, -0.2) is 14.6 Å². The van der Waals surface area contributed by atoms with E-state index in [0.29, 0.717) is 21.7 Å². The van der Waals surface area contributed by atoms with Crippen molar-refractivity contribution >= 4 is 45.3 Å². The molecule has 8 nitrogen and oxygen atoms in total. The summed E-state index contributed by atoms with van der Waals surface area (Å²) in [7, 11) is 0. The fourth-order valence-corrected chi connectivity index (χ4v) is 4.90. The van der Waals surface area contributed by atoms with E-state index in [1.54, 1.807) is 25.1 Å². The molecule has 0 bridgehead atoms. The fraction of sp³-hybridized carbons (Fsp3) is 0.364. The summed E-state index contributed by atoms with van der Waals surface area (Å²) >= 11 is 1.38. The Kier molecular flexibility index (Phi) is 6.03. The first-order valence-electron chi connectivity index (χ1n) is 10.1. The highest BCUT2D eigenvalue weighted by Crippen LogP contribution is 2.38. The van der Waals surface area contributed by atoms with Crippen molar-refractivity contribution in [2.24, 2.45) is 0 Å². The highest BCUT2D eigenvalue weighted by atomic mass is 32.1. The molecule has 0 saturated heterocycles. The molecule has 1 amide bonds. The summed E-state index contributed by atoms with van der Waals surface area (Å²) in [6.45, 7) is 3.47. The lowest BCUT2D eigenvalue weighted by molar-refractivity contribution is -0.123. The number of carbonyl (C=O) groups is 3. The van der Waals surface area contributed by atoms with Crippen LogP contribution in [-0.4, -0.2) is 35.5 Å². The van der Waals surface area contributed by atoms with Gasteiger partial charge in [0.15, 0.2) is 18.1 Å². The minimum atomic E-state index is -1.08. The molecule has 31 heavy (non-hydrogen) atoms. The normalized spacial score (nSPS) is 14.0. The maximum absolute atomic E-state index is 12.8. The monoisotopic (exact) mass is 442 g/mol. The topological polar surface area (TPSA) is 108 Å². The molecule has 0 saturated carbocycles. The van der Waals surface area contributed by atoms with Gasteiger partial charge >= 0.3 is 11.9 Å². The van der Waals surface area contributed by atoms with Crippen LogP contribution in [0.5, 0.6) is 0 Å². The molecule has 0 aliphatic heterocycles. The second-order valence-corrected chi connectivity index (χ2v) is 8.28. The maximum Gasteiger partial charge on any atom is 0.341 e. The van der Waals surface area contributed by atoms with E-state index in [1.165, 1.54) is 24.7 Å². The number of esters is 2. The maximum atomic E-state index is 12.8. The summed E-state index contributed by atoms with van der Waals surface area (Å²) in [5.74, 6) is -1.65. The molecule has 1 unspecified atom stereocenters. The van der Waals surface area contributed by atoms with Crippen molar-refractivity contribution in [3.63, 3.8) is 0 Å². The quantitative estimate of drug-likeness (QED) is 0.572. The molecule has 9 heteroatoms. The number of rotatable bonds is 6. The van der Waals surface area contributed by atoms with Crippen LogP contribution in [0.3, 0.4) is 0 Å². The number of thiophene rings is 1. The summed E-state index contributed by atoms with van der Waals surface area (Å²) < 4.78 is 15.8. The van der Waals surface area contributed by atoms with Gasteiger partial charge in [0.05, 0.1) is 17.7 Å². The van der Waals surface area contributed by atoms with E-state index in [1.807, 2.05) is 0 Å². The number of fused-ring (bicyclic) bond motifs is 2. The molecule has 1 aliphatic rings. The molecule has 0 fully saturated rings. The molecule has 0 radical (unpaired) electrons. The lowest BCUT2D eigenvalue weighted by Crippen LogP contribution is -2.30. The third-order valence-electron chi connectivity index (χ3n) is 5.12. The van der Waals surface area contributed by atoms with Gasteiger partial charge in [0.25, 0.3) is 5.91 Å². The zero-order chi connectivity index (χ0) is 22.0. The third-order valence-corrected chi connectivity index (χ3v) is 6.33. The lowest BCUT2D eigenvalue weighted by atomic mass is 9.95. The van der Waals surface area contributed by atoms with Gasteiger partial charge in [0, 0.05) is 4.88 Å². The molecule has 3 aromatic rings. The van der Waals surface area contributed by atoms with Crippen molar-refractivity contribution in [3.05, 3.63) is 46.2 Å². The highest BCUT2D eigenvalue weighted by molar-refractivity contribution is 7.17. The molecule has 1 aliphatic carbocycles. The number of para-hydroxylation sites is 1. The second kappa shape index (κ2) is 8.89. The summed E-state index contributed by atoms with van der Waals surface area (Å²) in [6.07, 6.45) is 3.85. The standard InChI is InChI=1S/C22H22N2O6S/c1-3-28-22(27)17-13-7-4-5-10-16(13)31-20(17)24-19(25)12(2)30-21(26)14-8-6-9-15-18(14)23-11-29-15/h6,8-9,11-12H,3-5,7,10H2,1-2H3,(H,24,25). The number of aromatic nitrogens is 1. The number of hydrogen-bond acceptors (Lipinski definition) is 8. The van der Waals surface area contributed by atoms with Crippen LogP contribution < -0.4 is 5.32 Å². The Labute approximate surface area is 182 Å². The Balaban J connectivity index is 1.51. The number of oxazole rings is 1. The SMILES string of the molecule is CCOC(=O)c1c(NC(=O)C(C)OC(=O)c2cccc3ocnc23)sc2c1CCCC2. The molecule has 1 N–H and O–H groups in total. The van der Waals surface area contributed by atoms with E-state index < -0.39 is 23.9 Å². The van der Waals surface area contributed by atoms with E-state index >= 15 is 0 Å². The Bertz CT molecular complexity index is 1150. The van der Waals surface area contributed by atoms with Gasteiger partial charge in [0.2, 0.25) is 0 Å². The van der Waals surface area contributed by atoms with E-state index in [4.69, 9.17) is 13.9 Å². The number of ether oxygens (including phenoxy) is 2. The number of nitrogens with zero attached hydrogens (tertiary/aromatic N) is 1. The first kappa shape index (κ1) is 21.0. The molecular formula is C22H22N2O6S. The van der Waals surface area contributed by atoms with Crippen molar-refractivity contribution in [2.45, 2.75) is 45.6 Å². The predicted octanol–water partition coefficient (Wildman–Crippen LogP) is 4.13. The molecule has 4 rings (SSSR count). The number of carbonyl (C=O) groups excluding carboxylic acids is 3. The molecule has 0 spiro atoms. The molecular weight excluding hydrogens is 420 g/mol. The summed E-state index contributed by atoms with van der Waals surface area (Å²) in [4.78, 5) is 43.0. The minimum Gasteiger partial charge on any atom is -0.462 e. The summed E-state index contributed by atoms with van der Waals surface area (Å²) in [5, 5.41) is 3.20. The van der Waals surface area contributed by atoms with Crippen molar-refractivity contribution in [1.82, 2.24) is 4.98 Å². The smallest absolute Gasteiger partial charge is 0.341 e. The van der Waals surface area contributed by atoms with Crippen molar-refractivity contribution in [1.29, 1.82) is 0 Å². The number of hydrogen-bond donors (Lipinski definition) is 1. The van der Waals surface area contributed by atoms with Gasteiger partial charge < -0.3 is 19.2 Å². The molecule has 2 heterocycles. The largest absolute Gasteiger partial charge is 0.462 e. The van der Waals surface area contributed by atoms with Crippen molar-refractivity contribution in [3.8, 4) is 0 Å². The first-order valence-corrected chi connectivity index (χ1v) is 11.0. The summed E-state index contributed by atoms with van der Waals surface area (Å²) in [6, 6.07) is 4.89. The molecule has 162 valence electrons. The fourth-order valence-electron chi connectivity index (χ4n) is 3.62. The number of anilines is 1. The van der Waals surface area contributed by atoms with E-state index in [0.717, 1.165) is 36.1 Å². The Morgan fingerprint density at radius 2 is 2.03 bits per heavy atom. The first-order chi connectivity index (χ1) is 15.0. The van der Waals surface area contributed by atoms with Gasteiger partial charge in [0.1, 0.15) is 10.5 Å². The molecule has 2 aromatic heterocycles. The van der Waals surface area contributed by atoms with Gasteiger partial charge in [-0.1, -0.05) is 6.07 Å². The van der Waals surface area contributed by atoms with Crippen molar-refractivity contribution < 1.29 is 28.3 Å². The Morgan fingerprint density at radius 3 is 2.84 bits per heavy atom. The average molecular weight is 442 g/mol. The van der Waals surface area contributed by atoms with Gasteiger partial charge in [-0.05, 0) is 57.2 Å². The van der Waals surface area contributed by atoms with Gasteiger partial charge in [-0.15, -0.1) is 11.3 Å². The average Bonchev–Trinajstić information content (AvgIpc) is 3.37. The van der Waals surface area contributed by atoms with Crippen molar-refractivity contribution in [2.75, 3.05) is 11.9 Å².